The lowest BCUT2D eigenvalue weighted by Gasteiger charge is -2.03. The Bertz CT molecular complexity index is 751. The molecule has 1 aromatic heterocycles. The van der Waals surface area contributed by atoms with Crippen molar-refractivity contribution in [2.24, 2.45) is 0 Å². The minimum Gasteiger partial charge on any atom is -0.497 e. The van der Waals surface area contributed by atoms with Gasteiger partial charge in [0.25, 0.3) is 0 Å². The fraction of sp³-hybridized carbons (Fsp3) is 0.188. The van der Waals surface area contributed by atoms with E-state index in [-0.39, 0.29) is 0 Å². The number of nitrogens with zero attached hydrogens (tertiary/aromatic N) is 4. The third-order valence-electron chi connectivity index (χ3n) is 3.30. The van der Waals surface area contributed by atoms with Gasteiger partial charge in [0.2, 0.25) is 5.82 Å². The lowest BCUT2D eigenvalue weighted by atomic mass is 10.1. The minimum absolute atomic E-state index is 0.566. The number of aromatic nitrogens is 4. The second-order valence-electron chi connectivity index (χ2n) is 4.81. The Labute approximate surface area is 123 Å². The molecule has 0 amide bonds. The molecular formula is C16H16N4O. The van der Waals surface area contributed by atoms with Gasteiger partial charge >= 0.3 is 0 Å². The van der Waals surface area contributed by atoms with Crippen molar-refractivity contribution in [3.05, 3.63) is 59.7 Å². The summed E-state index contributed by atoms with van der Waals surface area (Å²) in [6, 6.07) is 15.9. The molecular weight excluding hydrogens is 264 g/mol. The first-order valence-electron chi connectivity index (χ1n) is 6.73. The van der Waals surface area contributed by atoms with Crippen LogP contribution in [-0.2, 0) is 6.54 Å². The van der Waals surface area contributed by atoms with E-state index in [4.69, 9.17) is 4.74 Å². The van der Waals surface area contributed by atoms with Crippen molar-refractivity contribution in [2.45, 2.75) is 13.5 Å². The van der Waals surface area contributed by atoms with Crippen molar-refractivity contribution in [1.29, 1.82) is 0 Å². The summed E-state index contributed by atoms with van der Waals surface area (Å²) in [5, 5.41) is 12.7. The fourth-order valence-corrected chi connectivity index (χ4v) is 2.18. The van der Waals surface area contributed by atoms with E-state index in [0.717, 1.165) is 22.4 Å². The number of tetrazole rings is 1. The van der Waals surface area contributed by atoms with Gasteiger partial charge in [-0.15, -0.1) is 10.2 Å². The Morgan fingerprint density at radius 3 is 2.76 bits per heavy atom. The molecule has 0 aliphatic heterocycles. The van der Waals surface area contributed by atoms with Crippen LogP contribution < -0.4 is 4.74 Å². The lowest BCUT2D eigenvalue weighted by Crippen LogP contribution is -2.04. The zero-order valence-electron chi connectivity index (χ0n) is 12.0. The summed E-state index contributed by atoms with van der Waals surface area (Å²) in [6.45, 7) is 2.61. The van der Waals surface area contributed by atoms with Crippen LogP contribution in [0.5, 0.6) is 5.75 Å². The van der Waals surface area contributed by atoms with Gasteiger partial charge in [0.1, 0.15) is 5.75 Å². The first-order chi connectivity index (χ1) is 10.3. The standard InChI is InChI=1S/C16H16N4O/c1-12-6-3-4-9-15(12)16-17-19-20(18-16)11-13-7-5-8-14(10-13)21-2/h3-10H,11H2,1-2H3. The van der Waals surface area contributed by atoms with Gasteiger partial charge in [0.15, 0.2) is 0 Å². The summed E-state index contributed by atoms with van der Waals surface area (Å²) in [5.74, 6) is 1.47. The average molecular weight is 280 g/mol. The zero-order valence-corrected chi connectivity index (χ0v) is 12.0. The second-order valence-corrected chi connectivity index (χ2v) is 4.81. The molecule has 5 nitrogen and oxygen atoms in total. The van der Waals surface area contributed by atoms with Gasteiger partial charge in [0.05, 0.1) is 13.7 Å². The third-order valence-corrected chi connectivity index (χ3v) is 3.30. The number of methoxy groups -OCH3 is 1. The number of aryl methyl sites for hydroxylation is 1. The summed E-state index contributed by atoms with van der Waals surface area (Å²) in [6.07, 6.45) is 0. The predicted octanol–water partition coefficient (Wildman–Crippen LogP) is 2.71. The van der Waals surface area contributed by atoms with Gasteiger partial charge in [-0.2, -0.15) is 4.80 Å². The molecule has 3 rings (SSSR count). The van der Waals surface area contributed by atoms with Crippen LogP contribution in [0.25, 0.3) is 11.4 Å². The number of rotatable bonds is 4. The molecule has 0 N–H and O–H groups in total. The molecule has 0 saturated carbocycles. The normalized spacial score (nSPS) is 10.6. The maximum absolute atomic E-state index is 5.22. The van der Waals surface area contributed by atoms with E-state index in [1.165, 1.54) is 0 Å². The molecule has 0 unspecified atom stereocenters. The minimum atomic E-state index is 0.566. The van der Waals surface area contributed by atoms with E-state index in [9.17, 15) is 0 Å². The van der Waals surface area contributed by atoms with Gasteiger partial charge in [0, 0.05) is 5.56 Å². The Morgan fingerprint density at radius 2 is 1.95 bits per heavy atom. The van der Waals surface area contributed by atoms with Gasteiger partial charge in [-0.05, 0) is 35.4 Å². The predicted molar refractivity (Wildman–Crippen MR) is 80.1 cm³/mol. The summed E-state index contributed by atoms with van der Waals surface area (Å²) >= 11 is 0. The van der Waals surface area contributed by atoms with E-state index in [2.05, 4.69) is 15.4 Å². The third kappa shape index (κ3) is 2.91. The molecule has 0 atom stereocenters. The average Bonchev–Trinajstić information content (AvgIpc) is 2.96. The van der Waals surface area contributed by atoms with Gasteiger partial charge < -0.3 is 4.74 Å². The Kier molecular flexibility index (Phi) is 3.64. The van der Waals surface area contributed by atoms with Crippen LogP contribution in [0.2, 0.25) is 0 Å². The van der Waals surface area contributed by atoms with Crippen LogP contribution >= 0.6 is 0 Å². The van der Waals surface area contributed by atoms with E-state index in [0.29, 0.717) is 12.4 Å². The van der Waals surface area contributed by atoms with Crippen LogP contribution in [0.15, 0.2) is 48.5 Å². The van der Waals surface area contributed by atoms with E-state index in [1.54, 1.807) is 11.9 Å². The molecule has 0 radical (unpaired) electrons. The van der Waals surface area contributed by atoms with Crippen LogP contribution in [0, 0.1) is 6.92 Å². The molecule has 3 aromatic rings. The van der Waals surface area contributed by atoms with Crippen molar-refractivity contribution in [3.63, 3.8) is 0 Å². The lowest BCUT2D eigenvalue weighted by molar-refractivity contribution is 0.413. The monoisotopic (exact) mass is 280 g/mol. The molecule has 0 bridgehead atoms. The van der Waals surface area contributed by atoms with Crippen molar-refractivity contribution >= 4 is 0 Å². The summed E-state index contributed by atoms with van der Waals surface area (Å²) in [5.41, 5.74) is 3.22. The first-order valence-corrected chi connectivity index (χ1v) is 6.73. The van der Waals surface area contributed by atoms with Crippen LogP contribution in [0.3, 0.4) is 0 Å². The molecule has 1 heterocycles. The number of hydrogen-bond acceptors (Lipinski definition) is 4. The van der Waals surface area contributed by atoms with Crippen molar-refractivity contribution in [3.8, 4) is 17.1 Å². The Balaban J connectivity index is 1.84. The molecule has 0 spiro atoms. The molecule has 0 aliphatic carbocycles. The molecule has 0 saturated heterocycles. The zero-order chi connectivity index (χ0) is 14.7. The highest BCUT2D eigenvalue weighted by atomic mass is 16.5. The van der Waals surface area contributed by atoms with Gasteiger partial charge in [-0.25, -0.2) is 0 Å². The fourth-order valence-electron chi connectivity index (χ4n) is 2.18. The maximum Gasteiger partial charge on any atom is 0.205 e. The SMILES string of the molecule is COc1cccc(Cn2nnc(-c3ccccc3C)n2)c1. The van der Waals surface area contributed by atoms with Crippen LogP contribution in [0.4, 0.5) is 0 Å². The van der Waals surface area contributed by atoms with Gasteiger partial charge in [-0.1, -0.05) is 36.4 Å². The molecule has 21 heavy (non-hydrogen) atoms. The van der Waals surface area contributed by atoms with E-state index < -0.39 is 0 Å². The number of ether oxygens (including phenoxy) is 1. The Morgan fingerprint density at radius 1 is 1.10 bits per heavy atom. The number of hydrogen-bond donors (Lipinski definition) is 0. The second kappa shape index (κ2) is 5.75. The molecule has 0 fully saturated rings. The highest BCUT2D eigenvalue weighted by Gasteiger charge is 2.08. The summed E-state index contributed by atoms with van der Waals surface area (Å²) < 4.78 is 5.22. The topological polar surface area (TPSA) is 52.8 Å². The molecule has 106 valence electrons. The molecule has 5 heteroatoms. The Hall–Kier alpha value is -2.69. The quantitative estimate of drug-likeness (QED) is 0.737. The van der Waals surface area contributed by atoms with Crippen LogP contribution in [0.1, 0.15) is 11.1 Å². The number of benzene rings is 2. The largest absolute Gasteiger partial charge is 0.497 e. The van der Waals surface area contributed by atoms with Crippen molar-refractivity contribution in [2.75, 3.05) is 7.11 Å². The van der Waals surface area contributed by atoms with Crippen molar-refractivity contribution in [1.82, 2.24) is 20.2 Å². The summed E-state index contributed by atoms with van der Waals surface area (Å²) in [7, 11) is 1.66. The summed E-state index contributed by atoms with van der Waals surface area (Å²) in [4.78, 5) is 1.59. The van der Waals surface area contributed by atoms with Crippen molar-refractivity contribution < 1.29 is 4.74 Å². The van der Waals surface area contributed by atoms with Gasteiger partial charge in [-0.3, -0.25) is 0 Å². The van der Waals surface area contributed by atoms with Crippen LogP contribution in [-0.4, -0.2) is 27.3 Å². The van der Waals surface area contributed by atoms with E-state index >= 15 is 0 Å². The molecule has 0 aliphatic rings. The van der Waals surface area contributed by atoms with E-state index in [1.807, 2.05) is 55.5 Å². The highest BCUT2D eigenvalue weighted by Crippen LogP contribution is 2.18. The smallest absolute Gasteiger partial charge is 0.205 e. The first kappa shape index (κ1) is 13.3. The maximum atomic E-state index is 5.22. The highest BCUT2D eigenvalue weighted by molar-refractivity contribution is 5.58. The molecule has 2 aromatic carbocycles.